The number of anilines is 1. The number of nitrogens with one attached hydrogen (secondary N) is 1. The highest BCUT2D eigenvalue weighted by molar-refractivity contribution is 5.96. The monoisotopic (exact) mass is 426 g/mol. The molecule has 0 radical (unpaired) electrons. The van der Waals surface area contributed by atoms with Crippen molar-refractivity contribution in [3.8, 4) is 11.6 Å². The lowest BCUT2D eigenvalue weighted by Gasteiger charge is -2.33. The molecule has 1 saturated heterocycles. The Labute approximate surface area is 169 Å². The zero-order valence-electron chi connectivity index (χ0n) is 16.3. The first kappa shape index (κ1) is 20.6. The van der Waals surface area contributed by atoms with E-state index in [0.717, 1.165) is 11.1 Å². The number of alkyl halides is 4. The lowest BCUT2D eigenvalue weighted by atomic mass is 10.0. The third-order valence-corrected chi connectivity index (χ3v) is 5.23. The van der Waals surface area contributed by atoms with Crippen LogP contribution in [0.25, 0.3) is 22.5 Å². The van der Waals surface area contributed by atoms with Crippen molar-refractivity contribution in [1.29, 1.82) is 0 Å². The number of nitrogens with zero attached hydrogens (tertiary/aromatic N) is 4. The van der Waals surface area contributed by atoms with Gasteiger partial charge in [-0.3, -0.25) is 0 Å². The van der Waals surface area contributed by atoms with Crippen molar-refractivity contribution < 1.29 is 22.0 Å². The van der Waals surface area contributed by atoms with Gasteiger partial charge in [0.05, 0.1) is 18.1 Å². The highest BCUT2D eigenvalue weighted by Crippen LogP contribution is 2.35. The molecule has 2 atom stereocenters. The molecule has 3 N–H and O–H groups in total. The van der Waals surface area contributed by atoms with E-state index in [2.05, 4.69) is 15.5 Å². The van der Waals surface area contributed by atoms with Crippen LogP contribution in [0.1, 0.15) is 12.3 Å². The summed E-state index contributed by atoms with van der Waals surface area (Å²) in [6.45, 7) is -0.209. The average molecular weight is 426 g/mol. The summed E-state index contributed by atoms with van der Waals surface area (Å²) in [4.78, 5) is 1.91. The Morgan fingerprint density at radius 2 is 2.10 bits per heavy atom. The molecular formula is C19H22F4N6O. The molecule has 3 aromatic rings. The molecule has 162 valence electrons. The minimum atomic E-state index is -4.46. The van der Waals surface area contributed by atoms with E-state index in [4.69, 9.17) is 10.2 Å². The van der Waals surface area contributed by atoms with Gasteiger partial charge in [-0.25, -0.2) is 4.39 Å². The predicted octanol–water partition coefficient (Wildman–Crippen LogP) is 3.17. The minimum absolute atomic E-state index is 0.0205. The number of likely N-dealkylation sites (tertiary alicyclic amines) is 1. The Bertz CT molecular complexity index is 1030. The van der Waals surface area contributed by atoms with Gasteiger partial charge in [-0.1, -0.05) is 6.07 Å². The second-order valence-electron chi connectivity index (χ2n) is 7.49. The molecule has 0 saturated carbocycles. The lowest BCUT2D eigenvalue weighted by molar-refractivity contribution is -0.139. The normalized spacial score (nSPS) is 20.7. The van der Waals surface area contributed by atoms with E-state index in [1.807, 2.05) is 11.9 Å². The van der Waals surface area contributed by atoms with E-state index >= 15 is 0 Å². The van der Waals surface area contributed by atoms with E-state index in [1.165, 1.54) is 0 Å². The highest BCUT2D eigenvalue weighted by atomic mass is 19.4. The summed E-state index contributed by atoms with van der Waals surface area (Å²) in [7, 11) is 1.85. The molecule has 30 heavy (non-hydrogen) atoms. The number of aromatic nitrogens is 3. The van der Waals surface area contributed by atoms with Gasteiger partial charge in [0, 0.05) is 24.2 Å². The quantitative estimate of drug-likeness (QED) is 0.610. The molecule has 0 spiro atoms. The number of rotatable bonds is 5. The molecule has 1 aliphatic heterocycles. The fourth-order valence-corrected chi connectivity index (χ4v) is 3.80. The van der Waals surface area contributed by atoms with Crippen molar-refractivity contribution in [1.82, 2.24) is 19.7 Å². The lowest BCUT2D eigenvalue weighted by Crippen LogP contribution is -2.46. The number of hydrogen-bond donors (Lipinski definition) is 2. The van der Waals surface area contributed by atoms with Gasteiger partial charge in [0.25, 0.3) is 5.89 Å². The van der Waals surface area contributed by atoms with Gasteiger partial charge >= 0.3 is 6.18 Å². The first-order chi connectivity index (χ1) is 14.2. The maximum atomic E-state index is 14.5. The van der Waals surface area contributed by atoms with E-state index in [9.17, 15) is 17.6 Å². The minimum Gasteiger partial charge on any atom is -0.418 e. The summed E-state index contributed by atoms with van der Waals surface area (Å²) in [5.74, 6) is 0.0725. The smallest absolute Gasteiger partial charge is 0.406 e. The van der Waals surface area contributed by atoms with Gasteiger partial charge in [0.15, 0.2) is 0 Å². The van der Waals surface area contributed by atoms with E-state index in [0.29, 0.717) is 29.6 Å². The fourth-order valence-electron chi connectivity index (χ4n) is 3.80. The topological polar surface area (TPSA) is 85.1 Å². The third kappa shape index (κ3) is 4.12. The van der Waals surface area contributed by atoms with E-state index in [-0.39, 0.29) is 24.0 Å². The Balaban J connectivity index is 1.77. The molecule has 1 fully saturated rings. The molecule has 0 unspecified atom stereocenters. The Hall–Kier alpha value is -2.66. The van der Waals surface area contributed by atoms with Crippen molar-refractivity contribution in [2.45, 2.75) is 37.9 Å². The fraction of sp³-hybridized carbons (Fsp3) is 0.474. The van der Waals surface area contributed by atoms with Crippen LogP contribution in [-0.4, -0.2) is 58.2 Å². The molecule has 0 aliphatic carbocycles. The summed E-state index contributed by atoms with van der Waals surface area (Å²) < 4.78 is 60.9. The molecule has 1 aromatic carbocycles. The summed E-state index contributed by atoms with van der Waals surface area (Å²) in [6, 6.07) is 6.09. The van der Waals surface area contributed by atoms with Crippen LogP contribution in [0.4, 0.5) is 23.2 Å². The van der Waals surface area contributed by atoms with Crippen LogP contribution in [0, 0.1) is 0 Å². The number of piperidine rings is 1. The van der Waals surface area contributed by atoms with Crippen LogP contribution in [0.15, 0.2) is 28.7 Å². The molecular weight excluding hydrogens is 404 g/mol. The van der Waals surface area contributed by atoms with Gasteiger partial charge in [-0.05, 0) is 31.7 Å². The second kappa shape index (κ2) is 7.88. The van der Waals surface area contributed by atoms with Crippen molar-refractivity contribution in [3.05, 3.63) is 30.2 Å². The van der Waals surface area contributed by atoms with Crippen LogP contribution in [-0.2, 0) is 13.1 Å². The highest BCUT2D eigenvalue weighted by Gasteiger charge is 2.32. The first-order valence-electron chi connectivity index (χ1n) is 9.56. The van der Waals surface area contributed by atoms with Crippen LogP contribution in [0.3, 0.4) is 0 Å². The number of hydrogen-bond acceptors (Lipinski definition) is 6. The van der Waals surface area contributed by atoms with Crippen LogP contribution >= 0.6 is 0 Å². The van der Waals surface area contributed by atoms with Gasteiger partial charge in [0.2, 0.25) is 5.89 Å². The molecule has 0 amide bonds. The SMILES string of the molecule is CN1CC[C@@H](Nc2cccc3c2cc(-c2nnc(CN)o2)n3CC(F)(F)F)[C@@H](F)C1. The molecule has 1 aliphatic rings. The number of benzene rings is 1. The summed E-state index contributed by atoms with van der Waals surface area (Å²) >= 11 is 0. The maximum Gasteiger partial charge on any atom is 0.406 e. The summed E-state index contributed by atoms with van der Waals surface area (Å²) in [5, 5.41) is 11.3. The standard InChI is InChI=1S/C19H22F4N6O/c1-28-6-5-14(12(20)9-28)25-13-3-2-4-15-11(13)7-16(29(15)10-19(21,22)23)18-27-26-17(8-24)30-18/h2-4,7,12,14,25H,5-6,8-10,24H2,1H3/t12-,14+/m0/s1. The summed E-state index contributed by atoms with van der Waals surface area (Å²) in [6.07, 6.45) is -4.95. The second-order valence-corrected chi connectivity index (χ2v) is 7.49. The van der Waals surface area contributed by atoms with Crippen molar-refractivity contribution >= 4 is 16.6 Å². The molecule has 11 heteroatoms. The zero-order valence-corrected chi connectivity index (χ0v) is 16.3. The number of fused-ring (bicyclic) bond motifs is 1. The zero-order chi connectivity index (χ0) is 21.5. The molecule has 4 rings (SSSR count). The Morgan fingerprint density at radius 3 is 2.77 bits per heavy atom. The molecule has 0 bridgehead atoms. The number of nitrogens with two attached hydrogens (primary N) is 1. The average Bonchev–Trinajstić information content (AvgIpc) is 3.28. The first-order valence-corrected chi connectivity index (χ1v) is 9.56. The summed E-state index contributed by atoms with van der Waals surface area (Å²) in [5.41, 5.74) is 6.50. The van der Waals surface area contributed by atoms with Crippen LogP contribution in [0.2, 0.25) is 0 Å². The molecule has 7 nitrogen and oxygen atoms in total. The van der Waals surface area contributed by atoms with Gasteiger partial charge in [-0.2, -0.15) is 13.2 Å². The van der Waals surface area contributed by atoms with Crippen LogP contribution in [0.5, 0.6) is 0 Å². The van der Waals surface area contributed by atoms with Gasteiger partial charge in [0.1, 0.15) is 18.4 Å². The van der Waals surface area contributed by atoms with Crippen LogP contribution < -0.4 is 11.1 Å². The number of halogens is 4. The van der Waals surface area contributed by atoms with Gasteiger partial charge < -0.3 is 24.9 Å². The van der Waals surface area contributed by atoms with Crippen molar-refractivity contribution in [2.24, 2.45) is 5.73 Å². The van der Waals surface area contributed by atoms with E-state index in [1.54, 1.807) is 24.3 Å². The largest absolute Gasteiger partial charge is 0.418 e. The Morgan fingerprint density at radius 1 is 1.30 bits per heavy atom. The molecule has 3 heterocycles. The molecule has 2 aromatic heterocycles. The Kier molecular flexibility index (Phi) is 5.41. The van der Waals surface area contributed by atoms with E-state index < -0.39 is 24.9 Å². The van der Waals surface area contributed by atoms with Gasteiger partial charge in [-0.15, -0.1) is 10.2 Å². The van der Waals surface area contributed by atoms with Crippen molar-refractivity contribution in [2.75, 3.05) is 25.5 Å². The third-order valence-electron chi connectivity index (χ3n) is 5.23. The maximum absolute atomic E-state index is 14.5. The predicted molar refractivity (Wildman–Crippen MR) is 104 cm³/mol. The van der Waals surface area contributed by atoms with Crippen molar-refractivity contribution in [3.63, 3.8) is 0 Å².